The van der Waals surface area contributed by atoms with E-state index in [4.69, 9.17) is 14.2 Å². The van der Waals surface area contributed by atoms with Crippen molar-refractivity contribution in [3.63, 3.8) is 0 Å². The highest BCUT2D eigenvalue weighted by Gasteiger charge is 2.13. The molecule has 1 atom stereocenters. The van der Waals surface area contributed by atoms with E-state index >= 15 is 0 Å². The monoisotopic (exact) mass is 233 g/mol. The number of rotatable bonds is 10. The Morgan fingerprint density at radius 3 is 2.19 bits per heavy atom. The van der Waals surface area contributed by atoms with Crippen molar-refractivity contribution in [2.75, 3.05) is 34.0 Å². The van der Waals surface area contributed by atoms with Gasteiger partial charge in [0.2, 0.25) is 0 Å². The first-order chi connectivity index (χ1) is 7.61. The molecule has 0 aliphatic carbocycles. The number of nitrogens with one attached hydrogen (secondary N) is 1. The minimum Gasteiger partial charge on any atom is -0.381 e. The van der Waals surface area contributed by atoms with E-state index in [1.165, 1.54) is 0 Å². The molecule has 0 aliphatic heterocycles. The van der Waals surface area contributed by atoms with E-state index in [2.05, 4.69) is 19.2 Å². The van der Waals surface area contributed by atoms with Crippen LogP contribution in [0.25, 0.3) is 0 Å². The van der Waals surface area contributed by atoms with Crippen LogP contribution >= 0.6 is 0 Å². The summed E-state index contributed by atoms with van der Waals surface area (Å²) in [4.78, 5) is 0. The molecule has 1 N–H and O–H groups in total. The van der Waals surface area contributed by atoms with E-state index in [-0.39, 0.29) is 12.3 Å². The average molecular weight is 233 g/mol. The first-order valence-electron chi connectivity index (χ1n) is 5.98. The Balaban J connectivity index is 3.36. The first-order valence-corrected chi connectivity index (χ1v) is 5.98. The van der Waals surface area contributed by atoms with Crippen LogP contribution in [0.2, 0.25) is 0 Å². The molecule has 0 saturated carbocycles. The van der Waals surface area contributed by atoms with Gasteiger partial charge in [-0.25, -0.2) is 0 Å². The number of hydrogen-bond acceptors (Lipinski definition) is 4. The summed E-state index contributed by atoms with van der Waals surface area (Å²) in [6.45, 7) is 8.93. The van der Waals surface area contributed by atoms with Gasteiger partial charge < -0.3 is 19.5 Å². The topological polar surface area (TPSA) is 39.7 Å². The van der Waals surface area contributed by atoms with Gasteiger partial charge in [-0.15, -0.1) is 0 Å². The Bertz CT molecular complexity index is 149. The van der Waals surface area contributed by atoms with Crippen molar-refractivity contribution in [1.29, 1.82) is 0 Å². The van der Waals surface area contributed by atoms with Gasteiger partial charge in [-0.2, -0.15) is 0 Å². The predicted molar refractivity (Wildman–Crippen MR) is 65.5 cm³/mol. The van der Waals surface area contributed by atoms with Crippen molar-refractivity contribution >= 4 is 0 Å². The SMILES string of the molecule is COC(OC)C(C)NCCCOCC(C)C. The zero-order chi connectivity index (χ0) is 12.4. The second-order valence-corrected chi connectivity index (χ2v) is 4.40. The Hall–Kier alpha value is -0.160. The van der Waals surface area contributed by atoms with Gasteiger partial charge in [-0.05, 0) is 25.8 Å². The van der Waals surface area contributed by atoms with Gasteiger partial charge in [-0.1, -0.05) is 13.8 Å². The van der Waals surface area contributed by atoms with Crippen molar-refractivity contribution in [1.82, 2.24) is 5.32 Å². The summed E-state index contributed by atoms with van der Waals surface area (Å²) in [5.74, 6) is 0.609. The lowest BCUT2D eigenvalue weighted by Gasteiger charge is -2.22. The molecule has 0 amide bonds. The molecular weight excluding hydrogens is 206 g/mol. The van der Waals surface area contributed by atoms with Crippen molar-refractivity contribution in [2.24, 2.45) is 5.92 Å². The van der Waals surface area contributed by atoms with Crippen molar-refractivity contribution in [3.05, 3.63) is 0 Å². The maximum atomic E-state index is 5.49. The molecule has 98 valence electrons. The summed E-state index contributed by atoms with van der Waals surface area (Å²) in [5.41, 5.74) is 0. The molecule has 0 bridgehead atoms. The highest BCUT2D eigenvalue weighted by Crippen LogP contribution is 1.98. The van der Waals surface area contributed by atoms with Gasteiger partial charge in [0, 0.05) is 27.4 Å². The summed E-state index contributed by atoms with van der Waals surface area (Å²) in [7, 11) is 3.30. The molecule has 0 aliphatic rings. The molecular formula is C12H27NO3. The Morgan fingerprint density at radius 1 is 1.06 bits per heavy atom. The van der Waals surface area contributed by atoms with Crippen molar-refractivity contribution < 1.29 is 14.2 Å². The molecule has 0 spiro atoms. The van der Waals surface area contributed by atoms with Gasteiger partial charge in [0.25, 0.3) is 0 Å². The summed E-state index contributed by atoms with van der Waals surface area (Å²) in [6, 6.07) is 0.195. The fourth-order valence-corrected chi connectivity index (χ4v) is 1.42. The fraction of sp³-hybridized carbons (Fsp3) is 1.00. The minimum atomic E-state index is -0.184. The molecule has 0 rings (SSSR count). The van der Waals surface area contributed by atoms with Crippen LogP contribution in [0.5, 0.6) is 0 Å². The molecule has 4 heteroatoms. The third kappa shape index (κ3) is 8.05. The van der Waals surface area contributed by atoms with Crippen LogP contribution < -0.4 is 5.32 Å². The lowest BCUT2D eigenvalue weighted by molar-refractivity contribution is -0.119. The third-order valence-corrected chi connectivity index (χ3v) is 2.26. The Kier molecular flexibility index (Phi) is 9.92. The molecule has 0 heterocycles. The minimum absolute atomic E-state index is 0.184. The lowest BCUT2D eigenvalue weighted by atomic mass is 10.2. The Morgan fingerprint density at radius 2 is 1.69 bits per heavy atom. The quantitative estimate of drug-likeness (QED) is 0.460. The van der Waals surface area contributed by atoms with Gasteiger partial charge in [0.05, 0.1) is 6.04 Å². The number of hydrogen-bond donors (Lipinski definition) is 1. The van der Waals surface area contributed by atoms with Crippen LogP contribution in [0.15, 0.2) is 0 Å². The van der Waals surface area contributed by atoms with E-state index in [0.717, 1.165) is 26.2 Å². The molecule has 0 aromatic carbocycles. The maximum Gasteiger partial charge on any atom is 0.171 e. The van der Waals surface area contributed by atoms with E-state index in [1.54, 1.807) is 14.2 Å². The Labute approximate surface area is 99.6 Å². The standard InChI is InChI=1S/C12H27NO3/c1-10(2)9-16-8-6-7-13-11(3)12(14-4)15-5/h10-13H,6-9H2,1-5H3. The number of methoxy groups -OCH3 is 2. The van der Waals surface area contributed by atoms with Crippen LogP contribution in [0.4, 0.5) is 0 Å². The van der Waals surface area contributed by atoms with Crippen molar-refractivity contribution in [2.45, 2.75) is 39.5 Å². The number of ether oxygens (including phenoxy) is 3. The van der Waals surface area contributed by atoms with Gasteiger partial charge >= 0.3 is 0 Å². The van der Waals surface area contributed by atoms with Crippen LogP contribution in [-0.4, -0.2) is 46.3 Å². The second-order valence-electron chi connectivity index (χ2n) is 4.40. The molecule has 0 fully saturated rings. The highest BCUT2D eigenvalue weighted by molar-refractivity contribution is 4.64. The fourth-order valence-electron chi connectivity index (χ4n) is 1.42. The van der Waals surface area contributed by atoms with Gasteiger partial charge in [0.1, 0.15) is 0 Å². The van der Waals surface area contributed by atoms with E-state index in [1.807, 2.05) is 6.92 Å². The smallest absolute Gasteiger partial charge is 0.171 e. The molecule has 0 aromatic rings. The summed E-state index contributed by atoms with van der Waals surface area (Å²) in [5, 5.41) is 3.34. The van der Waals surface area contributed by atoms with Crippen LogP contribution in [0.1, 0.15) is 27.2 Å². The van der Waals surface area contributed by atoms with Crippen LogP contribution in [-0.2, 0) is 14.2 Å². The normalized spacial score (nSPS) is 13.7. The second kappa shape index (κ2) is 10.0. The first kappa shape index (κ1) is 15.8. The van der Waals surface area contributed by atoms with Crippen LogP contribution in [0.3, 0.4) is 0 Å². The lowest BCUT2D eigenvalue weighted by Crippen LogP contribution is -2.40. The largest absolute Gasteiger partial charge is 0.381 e. The molecule has 0 radical (unpaired) electrons. The summed E-state index contributed by atoms with van der Waals surface area (Å²) < 4.78 is 15.8. The summed E-state index contributed by atoms with van der Waals surface area (Å²) in [6.07, 6.45) is 0.827. The van der Waals surface area contributed by atoms with E-state index < -0.39 is 0 Å². The van der Waals surface area contributed by atoms with Crippen molar-refractivity contribution in [3.8, 4) is 0 Å². The average Bonchev–Trinajstić information content (AvgIpc) is 2.24. The molecule has 16 heavy (non-hydrogen) atoms. The van der Waals surface area contributed by atoms with E-state index in [0.29, 0.717) is 5.92 Å². The molecule has 1 unspecified atom stereocenters. The zero-order valence-corrected chi connectivity index (χ0v) is 11.3. The molecule has 0 aromatic heterocycles. The highest BCUT2D eigenvalue weighted by atomic mass is 16.7. The molecule has 0 saturated heterocycles. The van der Waals surface area contributed by atoms with Gasteiger partial charge in [-0.3, -0.25) is 0 Å². The third-order valence-electron chi connectivity index (χ3n) is 2.26. The summed E-state index contributed by atoms with van der Waals surface area (Å²) >= 11 is 0. The zero-order valence-electron chi connectivity index (χ0n) is 11.3. The van der Waals surface area contributed by atoms with Gasteiger partial charge in [0.15, 0.2) is 6.29 Å². The van der Waals surface area contributed by atoms with Crippen LogP contribution in [0, 0.1) is 5.92 Å². The molecule has 4 nitrogen and oxygen atoms in total. The maximum absolute atomic E-state index is 5.49. The predicted octanol–water partition coefficient (Wildman–Crippen LogP) is 1.65. The van der Waals surface area contributed by atoms with E-state index in [9.17, 15) is 0 Å².